The molecule has 406 valence electrons. The third-order valence-corrected chi connectivity index (χ3v) is 14.3. The molecule has 0 radical (unpaired) electrons. The number of terminal acetylenes is 1. The molecule has 0 spiro atoms. The Morgan fingerprint density at radius 2 is 1.62 bits per heavy atom. The molecule has 2 aliphatic rings. The van der Waals surface area contributed by atoms with Gasteiger partial charge in [-0.2, -0.15) is 0 Å². The number of hydrogen-bond donors (Lipinski definition) is 5. The van der Waals surface area contributed by atoms with E-state index in [0.717, 1.165) is 16.1 Å². The van der Waals surface area contributed by atoms with Gasteiger partial charge in [0.1, 0.15) is 35.1 Å². The fourth-order valence-electron chi connectivity index (χ4n) is 7.46. The minimum absolute atomic E-state index is 0.0105. The van der Waals surface area contributed by atoms with Gasteiger partial charge in [-0.15, -0.1) is 23.7 Å². The van der Waals surface area contributed by atoms with Crippen LogP contribution in [-0.4, -0.2) is 119 Å². The van der Waals surface area contributed by atoms with Crippen LogP contribution < -0.4 is 31.1 Å². The van der Waals surface area contributed by atoms with Crippen molar-refractivity contribution in [2.75, 3.05) is 26.3 Å². The molecule has 19 nitrogen and oxygen atoms in total. The van der Waals surface area contributed by atoms with Crippen LogP contribution in [0, 0.1) is 24.7 Å². The number of aryl methyl sites for hydroxylation is 1. The Morgan fingerprint density at radius 1 is 0.932 bits per heavy atom. The van der Waals surface area contributed by atoms with Crippen LogP contribution in [0.25, 0.3) is 10.4 Å². The molecule has 2 heterocycles. The van der Waals surface area contributed by atoms with E-state index in [1.54, 1.807) is 67.8 Å². The van der Waals surface area contributed by atoms with Gasteiger partial charge >= 0.3 is 19.8 Å². The number of carbonyl (C=O) groups excluding carboxylic acids is 6. The molecule has 5 amide bonds. The van der Waals surface area contributed by atoms with Gasteiger partial charge in [0.25, 0.3) is 5.91 Å². The zero-order valence-corrected chi connectivity index (χ0v) is 46.2. The zero-order chi connectivity index (χ0) is 54.5. The van der Waals surface area contributed by atoms with Gasteiger partial charge in [0.15, 0.2) is 5.67 Å². The molecule has 1 saturated heterocycles. The molecule has 1 aliphatic heterocycles. The first-order valence-electron chi connectivity index (χ1n) is 24.8. The molecule has 0 bridgehead atoms. The molecule has 1 aromatic heterocycles. The summed E-state index contributed by atoms with van der Waals surface area (Å²) in [6, 6.07) is 0.663. The molecule has 1 aromatic carbocycles. The summed E-state index contributed by atoms with van der Waals surface area (Å²) in [5.41, 5.74) is -0.489. The summed E-state index contributed by atoms with van der Waals surface area (Å²) in [5, 5.41) is 13.5. The van der Waals surface area contributed by atoms with Crippen molar-refractivity contribution in [3.8, 4) is 28.5 Å². The maximum atomic E-state index is 15.1. The normalized spacial score (nSPS) is 18.5. The number of nitrogens with one attached hydrogen (secondary N) is 5. The smallest absolute Gasteiger partial charge is 0.407 e. The van der Waals surface area contributed by atoms with E-state index < -0.39 is 96.0 Å². The van der Waals surface area contributed by atoms with E-state index in [1.807, 2.05) is 25.1 Å². The molecule has 4 rings (SSSR count). The number of esters is 1. The Hall–Kier alpha value is -5.13. The number of carbonyl (C=O) groups is 6. The summed E-state index contributed by atoms with van der Waals surface area (Å²) in [7, 11) is -4.53. The average molecular weight is 1060 g/mol. The van der Waals surface area contributed by atoms with Crippen molar-refractivity contribution in [1.29, 1.82) is 0 Å². The molecular formula is C51H77FN7O12PS. The van der Waals surface area contributed by atoms with Gasteiger partial charge in [0, 0.05) is 38.0 Å². The number of aromatic nitrogens is 1. The van der Waals surface area contributed by atoms with Crippen LogP contribution in [0.3, 0.4) is 0 Å². The van der Waals surface area contributed by atoms with Crippen LogP contribution in [0.2, 0.25) is 0 Å². The lowest BCUT2D eigenvalue weighted by Crippen LogP contribution is -2.59. The highest BCUT2D eigenvalue weighted by molar-refractivity contribution is 7.51. The number of alkyl halides is 1. The monoisotopic (exact) mass is 1060 g/mol. The van der Waals surface area contributed by atoms with E-state index in [2.05, 4.69) is 37.3 Å². The highest BCUT2D eigenvalue weighted by atomic mass is 32.1. The van der Waals surface area contributed by atoms with Crippen molar-refractivity contribution >= 4 is 54.8 Å². The van der Waals surface area contributed by atoms with Crippen LogP contribution in [-0.2, 0) is 53.6 Å². The number of halogens is 1. The van der Waals surface area contributed by atoms with Crippen molar-refractivity contribution in [1.82, 2.24) is 36.2 Å². The third-order valence-electron chi connectivity index (χ3n) is 11.5. The largest absolute Gasteiger partial charge is 0.493 e. The maximum Gasteiger partial charge on any atom is 0.407 e. The van der Waals surface area contributed by atoms with Gasteiger partial charge in [-0.25, -0.2) is 28.6 Å². The van der Waals surface area contributed by atoms with Gasteiger partial charge in [0.05, 0.1) is 41.4 Å². The van der Waals surface area contributed by atoms with E-state index in [1.165, 1.54) is 30.1 Å². The second-order valence-electron chi connectivity index (χ2n) is 21.6. The lowest BCUT2D eigenvalue weighted by Gasteiger charge is -2.35. The first-order valence-corrected chi connectivity index (χ1v) is 27.2. The summed E-state index contributed by atoms with van der Waals surface area (Å²) >= 11 is 1.48. The van der Waals surface area contributed by atoms with Crippen LogP contribution >= 0.6 is 19.1 Å². The Kier molecular flexibility index (Phi) is 21.4. The first-order chi connectivity index (χ1) is 33.9. The molecule has 22 heteroatoms. The van der Waals surface area contributed by atoms with Gasteiger partial charge in [-0.3, -0.25) is 28.2 Å². The van der Waals surface area contributed by atoms with Crippen LogP contribution in [0.5, 0.6) is 5.75 Å². The van der Waals surface area contributed by atoms with Gasteiger partial charge in [0.2, 0.25) is 17.7 Å². The fraction of sp³-hybridized carbons (Fsp3) is 0.667. The van der Waals surface area contributed by atoms with E-state index in [-0.39, 0.29) is 39.0 Å². The molecule has 1 unspecified atom stereocenters. The number of ether oxygens (including phenoxy) is 3. The fourth-order valence-corrected chi connectivity index (χ4v) is 9.97. The van der Waals surface area contributed by atoms with Crippen molar-refractivity contribution in [3.05, 3.63) is 35.0 Å². The molecule has 1 aliphatic carbocycles. The quantitative estimate of drug-likeness (QED) is 0.0286. The Bertz CT molecular complexity index is 2350. The number of alkyl carbamates (subject to hydrolysis) is 1. The number of likely N-dealkylation sites (tertiary alicyclic amines) is 1. The molecule has 6 atom stereocenters. The van der Waals surface area contributed by atoms with Crippen molar-refractivity contribution in [3.63, 3.8) is 0 Å². The predicted molar refractivity (Wildman–Crippen MR) is 275 cm³/mol. The number of benzene rings is 1. The highest BCUT2D eigenvalue weighted by Gasteiger charge is 2.54. The second kappa shape index (κ2) is 25.9. The lowest BCUT2D eigenvalue weighted by molar-refractivity contribution is -0.158. The Labute approximate surface area is 433 Å². The Balaban J connectivity index is 1.61. The second-order valence-corrected chi connectivity index (χ2v) is 24.2. The average Bonchev–Trinajstić information content (AvgIpc) is 3.67. The summed E-state index contributed by atoms with van der Waals surface area (Å²) < 4.78 is 59.0. The minimum atomic E-state index is -4.53. The number of nitrogens with zero attached hydrogens (tertiary/aromatic N) is 2. The molecule has 73 heavy (non-hydrogen) atoms. The molecular weight excluding hydrogens is 985 g/mol. The molecule has 2 fully saturated rings. The van der Waals surface area contributed by atoms with E-state index in [9.17, 15) is 33.3 Å². The number of amides is 5. The minimum Gasteiger partial charge on any atom is -0.493 e. The highest BCUT2D eigenvalue weighted by Crippen LogP contribution is 2.48. The summed E-state index contributed by atoms with van der Waals surface area (Å²) in [5.74, 6) is -0.580. The summed E-state index contributed by atoms with van der Waals surface area (Å²) in [6.07, 6.45) is 6.02. The van der Waals surface area contributed by atoms with E-state index in [4.69, 9.17) is 29.7 Å². The summed E-state index contributed by atoms with van der Waals surface area (Å²) in [4.78, 5) is 87.3. The third kappa shape index (κ3) is 19.3. The van der Waals surface area contributed by atoms with E-state index in [0.29, 0.717) is 56.6 Å². The lowest BCUT2D eigenvalue weighted by atomic mass is 9.85. The van der Waals surface area contributed by atoms with Crippen molar-refractivity contribution in [2.24, 2.45) is 5.41 Å². The van der Waals surface area contributed by atoms with Crippen molar-refractivity contribution < 1.29 is 61.0 Å². The molecule has 2 aromatic rings. The molecule has 5 N–H and O–H groups in total. The summed E-state index contributed by atoms with van der Waals surface area (Å²) in [6.45, 7) is 20.3. The van der Waals surface area contributed by atoms with E-state index >= 15 is 4.39 Å². The molecule has 1 saturated carbocycles. The number of thiazole rings is 1. The Morgan fingerprint density at radius 3 is 2.22 bits per heavy atom. The van der Waals surface area contributed by atoms with Gasteiger partial charge < -0.3 is 40.4 Å². The first kappa shape index (κ1) is 60.4. The van der Waals surface area contributed by atoms with Gasteiger partial charge in [-0.05, 0) is 118 Å². The van der Waals surface area contributed by atoms with Crippen LogP contribution in [0.4, 0.5) is 9.18 Å². The topological polar surface area (TPSA) is 242 Å². The van der Waals surface area contributed by atoms with Crippen LogP contribution in [0.1, 0.15) is 139 Å². The standard InChI is InChI=1S/C51H77FN7O12PS/c1-14-15-18-25-67-39-27-35(40-32(2)55-31-73-40)20-21-36(39)29-54-43(61)38-28-37(30-59(38)44(62)41(48(5,6)7)57-46(64)51(52)22-23-51)71-72(66,68-26-19-16-17-24-53-47(65)70-50(11,12)13)58-33(3)42(60)56-34(4)45(63)69-49(8,9)10/h1,20-21,27,31,33-34,37-38,41H,15-19,22-26,28-30H2,2-13H3,(H,53,65)(H,54,61)(H,56,60)(H,57,64)(H,58,66)/t33-,34-,37+,38-,41+,72?/m0/s1. The van der Waals surface area contributed by atoms with Gasteiger partial charge in [-0.1, -0.05) is 32.9 Å². The number of unbranched alkanes of at least 4 members (excludes halogenated alkanes) is 3. The van der Waals surface area contributed by atoms with Crippen molar-refractivity contribution in [2.45, 2.75) is 188 Å². The number of hydrogen-bond acceptors (Lipinski definition) is 14. The number of rotatable bonds is 25. The predicted octanol–water partition coefficient (Wildman–Crippen LogP) is 7.19. The van der Waals surface area contributed by atoms with Crippen LogP contribution in [0.15, 0.2) is 23.7 Å². The zero-order valence-electron chi connectivity index (χ0n) is 44.5. The maximum absolute atomic E-state index is 15.1. The SMILES string of the molecule is C#CCCCOc1cc(-c2scnc2C)ccc1CNC(=O)[C@@H]1C[C@@H](OP(=O)(N[C@@H](C)C(=O)N[C@@H](C)C(=O)OC(C)(C)C)OCCCCCNC(=O)OC(C)(C)C)CN1C(=O)[C@@H](NC(=O)C1(F)CC1)C(C)(C)C.